The molecule has 5 heteroatoms. The van der Waals surface area contributed by atoms with Gasteiger partial charge in [-0.05, 0) is 79.3 Å². The van der Waals surface area contributed by atoms with Crippen LogP contribution in [-0.2, 0) is 4.79 Å². The topological polar surface area (TPSA) is 29.1 Å². The summed E-state index contributed by atoms with van der Waals surface area (Å²) in [6, 6.07) is 5.25. The van der Waals surface area contributed by atoms with Gasteiger partial charge in [-0.25, -0.2) is 13.2 Å². The quantitative estimate of drug-likeness (QED) is 0.284. The molecule has 0 fully saturated rings. The highest BCUT2D eigenvalue weighted by atomic mass is 19.2. The molecule has 1 amide bonds. The van der Waals surface area contributed by atoms with Gasteiger partial charge >= 0.3 is 0 Å². The number of allylic oxidation sites excluding steroid dienone is 1. The first-order chi connectivity index (χ1) is 13.7. The minimum atomic E-state index is -1.52. The molecule has 2 rings (SSSR count). The molecule has 2 nitrogen and oxygen atoms in total. The first-order valence-electron chi connectivity index (χ1n) is 9.43. The molecule has 0 unspecified atom stereocenters. The molecule has 0 saturated carbocycles. The summed E-state index contributed by atoms with van der Waals surface area (Å²) in [5.41, 5.74) is 3.77. The Morgan fingerprint density at radius 2 is 1.72 bits per heavy atom. The van der Waals surface area contributed by atoms with Gasteiger partial charge in [0, 0.05) is 17.7 Å². The van der Waals surface area contributed by atoms with Crippen LogP contribution in [-0.4, -0.2) is 12.5 Å². The highest BCUT2D eigenvalue weighted by Gasteiger charge is 2.17. The number of amides is 1. The van der Waals surface area contributed by atoms with Crippen LogP contribution in [0, 0.1) is 36.7 Å². The summed E-state index contributed by atoms with van der Waals surface area (Å²) in [5, 5.41) is 2.87. The van der Waals surface area contributed by atoms with Crippen molar-refractivity contribution in [2.24, 2.45) is 0 Å². The Morgan fingerprint density at radius 1 is 1.10 bits per heavy atom. The highest BCUT2D eigenvalue weighted by Crippen LogP contribution is 2.33. The molecule has 0 aliphatic carbocycles. The third-order valence-corrected chi connectivity index (χ3v) is 4.99. The minimum absolute atomic E-state index is 0.176. The Balaban J connectivity index is 2.60. The lowest BCUT2D eigenvalue weighted by Crippen LogP contribution is -2.25. The van der Waals surface area contributed by atoms with Gasteiger partial charge in [0.1, 0.15) is 0 Å². The van der Waals surface area contributed by atoms with E-state index in [1.165, 1.54) is 0 Å². The fourth-order valence-corrected chi connectivity index (χ4v) is 3.08. The predicted molar refractivity (Wildman–Crippen MR) is 111 cm³/mol. The van der Waals surface area contributed by atoms with Crippen LogP contribution in [0.3, 0.4) is 0 Å². The number of terminal acetylenes is 1. The van der Waals surface area contributed by atoms with Crippen LogP contribution in [0.25, 0.3) is 16.7 Å². The normalized spacial score (nSPS) is 11.7. The Hall–Kier alpha value is -3.00. The molecule has 152 valence electrons. The number of halogens is 3. The van der Waals surface area contributed by atoms with Crippen molar-refractivity contribution in [3.63, 3.8) is 0 Å². The van der Waals surface area contributed by atoms with E-state index in [2.05, 4.69) is 11.2 Å². The Bertz CT molecular complexity index is 993. The molecular weight excluding hydrogens is 375 g/mol. The van der Waals surface area contributed by atoms with E-state index in [1.54, 1.807) is 32.9 Å². The number of carbonyl (C=O) groups excluding carboxylic acids is 1. The van der Waals surface area contributed by atoms with Gasteiger partial charge in [0.25, 0.3) is 0 Å². The largest absolute Gasteiger partial charge is 0.352 e. The van der Waals surface area contributed by atoms with Crippen LogP contribution in [0.2, 0.25) is 0 Å². The lowest BCUT2D eigenvalue weighted by Gasteiger charge is -2.16. The molecule has 29 heavy (non-hydrogen) atoms. The Kier molecular flexibility index (Phi) is 7.28. The number of unbranched alkanes of at least 4 members (excludes halogenated alkanes) is 1. The summed E-state index contributed by atoms with van der Waals surface area (Å²) in [5.74, 6) is -1.72. The van der Waals surface area contributed by atoms with E-state index in [4.69, 9.17) is 6.42 Å². The third kappa shape index (κ3) is 4.89. The van der Waals surface area contributed by atoms with Gasteiger partial charge in [0.05, 0.1) is 0 Å². The average molecular weight is 399 g/mol. The lowest BCUT2D eigenvalue weighted by molar-refractivity contribution is -0.117. The van der Waals surface area contributed by atoms with E-state index in [1.807, 2.05) is 6.92 Å². The summed E-state index contributed by atoms with van der Waals surface area (Å²) >= 11 is 0. The van der Waals surface area contributed by atoms with E-state index < -0.39 is 17.5 Å². The first kappa shape index (κ1) is 22.3. The summed E-state index contributed by atoms with van der Waals surface area (Å²) in [4.78, 5) is 12.4. The molecule has 0 heterocycles. The molecular formula is C24H24F3NO. The fraction of sp³-hybridized carbons (Fsp3) is 0.292. The molecule has 0 saturated heterocycles. The molecule has 1 N–H and O–H groups in total. The van der Waals surface area contributed by atoms with E-state index in [0.717, 1.165) is 25.0 Å². The summed E-state index contributed by atoms with van der Waals surface area (Å²) in [6.45, 7) is 7.92. The van der Waals surface area contributed by atoms with Crippen LogP contribution in [0.4, 0.5) is 13.2 Å². The van der Waals surface area contributed by atoms with Gasteiger partial charge in [-0.2, -0.15) is 0 Å². The molecule has 0 spiro atoms. The number of hydrogen-bond donors (Lipinski definition) is 1. The van der Waals surface area contributed by atoms with Crippen molar-refractivity contribution in [2.75, 3.05) is 6.54 Å². The maximum Gasteiger partial charge on any atom is 0.247 e. The summed E-state index contributed by atoms with van der Waals surface area (Å²) < 4.78 is 40.9. The van der Waals surface area contributed by atoms with E-state index in [-0.39, 0.29) is 11.5 Å². The maximum atomic E-state index is 13.8. The van der Waals surface area contributed by atoms with Crippen LogP contribution < -0.4 is 5.32 Å². The zero-order chi connectivity index (χ0) is 21.7. The van der Waals surface area contributed by atoms with E-state index >= 15 is 0 Å². The second-order valence-corrected chi connectivity index (χ2v) is 6.95. The van der Waals surface area contributed by atoms with Gasteiger partial charge in [-0.1, -0.05) is 19.3 Å². The van der Waals surface area contributed by atoms with Crippen molar-refractivity contribution in [1.29, 1.82) is 0 Å². The second kappa shape index (κ2) is 9.47. The predicted octanol–water partition coefficient (Wildman–Crippen LogP) is 5.77. The molecule has 0 atom stereocenters. The van der Waals surface area contributed by atoms with Crippen molar-refractivity contribution < 1.29 is 18.0 Å². The molecule has 0 aliphatic rings. The first-order valence-corrected chi connectivity index (χ1v) is 9.43. The Labute approximate surface area is 169 Å². The molecule has 2 aromatic rings. The smallest absolute Gasteiger partial charge is 0.247 e. The number of nitrogens with one attached hydrogen (secondary N) is 1. The van der Waals surface area contributed by atoms with Crippen molar-refractivity contribution in [3.05, 3.63) is 64.0 Å². The molecule has 0 radical (unpaired) electrons. The number of rotatable bonds is 6. The molecule has 0 aromatic heterocycles. The van der Waals surface area contributed by atoms with E-state index in [0.29, 0.717) is 39.9 Å². The summed E-state index contributed by atoms with van der Waals surface area (Å²) in [6.07, 6.45) is 7.42. The zero-order valence-corrected chi connectivity index (χ0v) is 17.1. The lowest BCUT2D eigenvalue weighted by atomic mass is 9.89. The average Bonchev–Trinajstić information content (AvgIpc) is 2.70. The van der Waals surface area contributed by atoms with Crippen molar-refractivity contribution >= 4 is 11.5 Å². The van der Waals surface area contributed by atoms with Crippen LogP contribution in [0.1, 0.15) is 50.3 Å². The van der Waals surface area contributed by atoms with Crippen molar-refractivity contribution in [3.8, 4) is 23.5 Å². The standard InChI is InChI=1S/C24H24F3NO/c1-6-8-9-28-24(29)15(4)14(3)19-10-17(7-2)11-20(16(19)5)18-12-21(25)23(27)22(26)13-18/h2,10-13H,6,8-9H2,1,3-5H3,(H,28,29)/b15-14+. The van der Waals surface area contributed by atoms with Crippen LogP contribution in [0.15, 0.2) is 29.8 Å². The van der Waals surface area contributed by atoms with Gasteiger partial charge in [0.15, 0.2) is 17.5 Å². The maximum absolute atomic E-state index is 13.8. The van der Waals surface area contributed by atoms with E-state index in [9.17, 15) is 18.0 Å². The second-order valence-electron chi connectivity index (χ2n) is 6.95. The van der Waals surface area contributed by atoms with Crippen molar-refractivity contribution in [1.82, 2.24) is 5.32 Å². The number of hydrogen-bond acceptors (Lipinski definition) is 1. The van der Waals surface area contributed by atoms with Crippen molar-refractivity contribution in [2.45, 2.75) is 40.5 Å². The highest BCUT2D eigenvalue weighted by molar-refractivity contribution is 6.01. The fourth-order valence-electron chi connectivity index (χ4n) is 3.08. The van der Waals surface area contributed by atoms with Gasteiger partial charge in [-0.15, -0.1) is 6.42 Å². The SMILES string of the molecule is C#Cc1cc(/C(C)=C(\C)C(=O)NCCCC)c(C)c(-c2cc(F)c(F)c(F)c2)c1. The third-order valence-electron chi connectivity index (χ3n) is 4.99. The molecule has 0 aliphatic heterocycles. The number of carbonyl (C=O) groups is 1. The van der Waals surface area contributed by atoms with Gasteiger partial charge in [0.2, 0.25) is 5.91 Å². The molecule has 0 bridgehead atoms. The zero-order valence-electron chi connectivity index (χ0n) is 17.1. The molecule has 2 aromatic carbocycles. The monoisotopic (exact) mass is 399 g/mol. The van der Waals surface area contributed by atoms with Gasteiger partial charge in [-0.3, -0.25) is 4.79 Å². The van der Waals surface area contributed by atoms with Crippen LogP contribution in [0.5, 0.6) is 0 Å². The minimum Gasteiger partial charge on any atom is -0.352 e. The van der Waals surface area contributed by atoms with Gasteiger partial charge < -0.3 is 5.32 Å². The van der Waals surface area contributed by atoms with Crippen LogP contribution >= 0.6 is 0 Å². The number of benzene rings is 2. The summed E-state index contributed by atoms with van der Waals surface area (Å²) in [7, 11) is 0. The Morgan fingerprint density at radius 3 is 2.28 bits per heavy atom.